The minimum atomic E-state index is 0.576. The van der Waals surface area contributed by atoms with E-state index in [1.165, 1.54) is 0 Å². The van der Waals surface area contributed by atoms with Gasteiger partial charge in [-0.25, -0.2) is 4.98 Å². The molecule has 2 aromatic rings. The van der Waals surface area contributed by atoms with E-state index in [-0.39, 0.29) is 0 Å². The van der Waals surface area contributed by atoms with Crippen LogP contribution in [-0.2, 0) is 6.42 Å². The normalized spacial score (nSPS) is 11.0. The number of nitrogens with two attached hydrogens (primary N) is 2. The average molecular weight is 191 g/mol. The number of fused-ring (bicyclic) bond motifs is 1. The molecular formula is C9H13N5. The van der Waals surface area contributed by atoms with Crippen LogP contribution in [0.1, 0.15) is 18.3 Å². The number of anilines is 2. The summed E-state index contributed by atoms with van der Waals surface area (Å²) in [5, 5.41) is 4.19. The van der Waals surface area contributed by atoms with Gasteiger partial charge >= 0.3 is 0 Å². The largest absolute Gasteiger partial charge is 0.394 e. The molecule has 0 aliphatic carbocycles. The van der Waals surface area contributed by atoms with Gasteiger partial charge in [0.1, 0.15) is 11.5 Å². The molecule has 2 rings (SSSR count). The third kappa shape index (κ3) is 1.09. The molecule has 74 valence electrons. The van der Waals surface area contributed by atoms with Crippen molar-refractivity contribution in [3.05, 3.63) is 17.5 Å². The highest BCUT2D eigenvalue weighted by atomic mass is 15.3. The maximum Gasteiger partial charge on any atom is 0.181 e. The molecule has 0 saturated heterocycles. The molecule has 0 radical (unpaired) electrons. The number of hydrogen-bond donors (Lipinski definition) is 2. The minimum absolute atomic E-state index is 0.576. The molecule has 0 aliphatic heterocycles. The fourth-order valence-corrected chi connectivity index (χ4v) is 1.40. The fourth-order valence-electron chi connectivity index (χ4n) is 1.40. The van der Waals surface area contributed by atoms with E-state index in [1.54, 1.807) is 4.52 Å². The Bertz CT molecular complexity index is 485. The number of aryl methyl sites for hydroxylation is 2. The molecule has 5 nitrogen and oxygen atoms in total. The first kappa shape index (κ1) is 8.80. The van der Waals surface area contributed by atoms with Crippen LogP contribution in [0.25, 0.3) is 5.65 Å². The monoisotopic (exact) mass is 191 g/mol. The molecule has 2 heterocycles. The minimum Gasteiger partial charge on any atom is -0.394 e. The Hall–Kier alpha value is -1.78. The van der Waals surface area contributed by atoms with E-state index < -0.39 is 0 Å². The highest BCUT2D eigenvalue weighted by Gasteiger charge is 2.10. The SMILES string of the molecule is CCc1cc(N)n2nc(C)c(N)c2n1. The second-order valence-electron chi connectivity index (χ2n) is 3.26. The summed E-state index contributed by atoms with van der Waals surface area (Å²) < 4.78 is 1.57. The van der Waals surface area contributed by atoms with Gasteiger partial charge in [0, 0.05) is 11.8 Å². The molecule has 0 amide bonds. The van der Waals surface area contributed by atoms with Gasteiger partial charge in [0.05, 0.1) is 5.69 Å². The summed E-state index contributed by atoms with van der Waals surface area (Å²) in [6.45, 7) is 3.87. The van der Waals surface area contributed by atoms with Crippen molar-refractivity contribution in [3.63, 3.8) is 0 Å². The molecule has 0 aromatic carbocycles. The number of nitrogens with zero attached hydrogens (tertiary/aromatic N) is 3. The first-order valence-electron chi connectivity index (χ1n) is 4.53. The van der Waals surface area contributed by atoms with Crippen LogP contribution >= 0.6 is 0 Å². The van der Waals surface area contributed by atoms with Gasteiger partial charge in [0.2, 0.25) is 0 Å². The van der Waals surface area contributed by atoms with E-state index in [1.807, 2.05) is 19.9 Å². The summed E-state index contributed by atoms with van der Waals surface area (Å²) in [6, 6.07) is 1.82. The van der Waals surface area contributed by atoms with E-state index in [2.05, 4.69) is 10.1 Å². The zero-order valence-electron chi connectivity index (χ0n) is 8.28. The lowest BCUT2D eigenvalue weighted by Crippen LogP contribution is -2.03. The molecule has 0 saturated carbocycles. The van der Waals surface area contributed by atoms with Crippen molar-refractivity contribution in [2.75, 3.05) is 11.5 Å². The standard InChI is InChI=1S/C9H13N5/c1-3-6-4-7(10)14-9(12-6)8(11)5(2)13-14/h4H,3,10-11H2,1-2H3. The summed E-state index contributed by atoms with van der Waals surface area (Å²) >= 11 is 0. The van der Waals surface area contributed by atoms with E-state index in [0.29, 0.717) is 17.2 Å². The zero-order valence-corrected chi connectivity index (χ0v) is 8.28. The van der Waals surface area contributed by atoms with Crippen LogP contribution in [-0.4, -0.2) is 14.6 Å². The van der Waals surface area contributed by atoms with Crippen molar-refractivity contribution in [2.24, 2.45) is 0 Å². The maximum absolute atomic E-state index is 5.83. The van der Waals surface area contributed by atoms with Crippen molar-refractivity contribution in [1.29, 1.82) is 0 Å². The van der Waals surface area contributed by atoms with E-state index in [0.717, 1.165) is 17.8 Å². The second kappa shape index (κ2) is 2.87. The molecule has 4 N–H and O–H groups in total. The van der Waals surface area contributed by atoms with Crippen LogP contribution in [0.15, 0.2) is 6.07 Å². The Labute approximate surface area is 81.7 Å². The van der Waals surface area contributed by atoms with Crippen LogP contribution in [0, 0.1) is 6.92 Å². The van der Waals surface area contributed by atoms with Gasteiger partial charge < -0.3 is 11.5 Å². The van der Waals surface area contributed by atoms with Crippen LogP contribution in [0.4, 0.5) is 11.5 Å². The van der Waals surface area contributed by atoms with Gasteiger partial charge in [-0.15, -0.1) is 0 Å². The number of rotatable bonds is 1. The molecule has 0 atom stereocenters. The molecular weight excluding hydrogens is 178 g/mol. The first-order chi connectivity index (χ1) is 6.63. The van der Waals surface area contributed by atoms with Gasteiger partial charge in [-0.3, -0.25) is 0 Å². The topological polar surface area (TPSA) is 82.2 Å². The van der Waals surface area contributed by atoms with Crippen LogP contribution < -0.4 is 11.5 Å². The predicted octanol–water partition coefficient (Wildman–Crippen LogP) is 0.765. The number of nitrogen functional groups attached to an aromatic ring is 2. The molecule has 5 heteroatoms. The van der Waals surface area contributed by atoms with Crippen LogP contribution in [0.2, 0.25) is 0 Å². The third-order valence-electron chi connectivity index (χ3n) is 2.25. The zero-order chi connectivity index (χ0) is 10.3. The van der Waals surface area contributed by atoms with Gasteiger partial charge in [-0.05, 0) is 13.3 Å². The Morgan fingerprint density at radius 1 is 1.43 bits per heavy atom. The van der Waals surface area contributed by atoms with Gasteiger partial charge in [0.15, 0.2) is 5.65 Å². The number of aromatic nitrogens is 3. The smallest absolute Gasteiger partial charge is 0.181 e. The van der Waals surface area contributed by atoms with Crippen molar-refractivity contribution < 1.29 is 0 Å². The first-order valence-corrected chi connectivity index (χ1v) is 4.53. The second-order valence-corrected chi connectivity index (χ2v) is 3.26. The predicted molar refractivity (Wildman–Crippen MR) is 55.9 cm³/mol. The maximum atomic E-state index is 5.83. The summed E-state index contributed by atoms with van der Waals surface area (Å²) in [4.78, 5) is 4.37. The molecule has 0 unspecified atom stereocenters. The van der Waals surface area contributed by atoms with Crippen molar-refractivity contribution in [3.8, 4) is 0 Å². The van der Waals surface area contributed by atoms with Gasteiger partial charge in [0.25, 0.3) is 0 Å². The lowest BCUT2D eigenvalue weighted by molar-refractivity contribution is 0.908. The van der Waals surface area contributed by atoms with E-state index in [9.17, 15) is 0 Å². The van der Waals surface area contributed by atoms with Gasteiger partial charge in [-0.2, -0.15) is 9.61 Å². The van der Waals surface area contributed by atoms with Crippen molar-refractivity contribution in [1.82, 2.24) is 14.6 Å². The summed E-state index contributed by atoms with van der Waals surface area (Å²) in [7, 11) is 0. The lowest BCUT2D eigenvalue weighted by Gasteiger charge is -2.01. The van der Waals surface area contributed by atoms with Crippen LogP contribution in [0.5, 0.6) is 0 Å². The summed E-state index contributed by atoms with van der Waals surface area (Å²) in [5.74, 6) is 0.576. The average Bonchev–Trinajstić information content (AvgIpc) is 2.45. The highest BCUT2D eigenvalue weighted by Crippen LogP contribution is 2.19. The number of hydrogen-bond acceptors (Lipinski definition) is 4. The lowest BCUT2D eigenvalue weighted by atomic mass is 10.3. The molecule has 0 spiro atoms. The third-order valence-corrected chi connectivity index (χ3v) is 2.25. The quantitative estimate of drug-likeness (QED) is 0.697. The van der Waals surface area contributed by atoms with E-state index >= 15 is 0 Å². The Balaban J connectivity index is 2.83. The molecule has 0 aliphatic rings. The van der Waals surface area contributed by atoms with E-state index in [4.69, 9.17) is 11.5 Å². The summed E-state index contributed by atoms with van der Waals surface area (Å²) in [6.07, 6.45) is 0.838. The molecule has 2 aromatic heterocycles. The van der Waals surface area contributed by atoms with Crippen molar-refractivity contribution in [2.45, 2.75) is 20.3 Å². The Kier molecular flexibility index (Phi) is 1.80. The Morgan fingerprint density at radius 2 is 2.14 bits per heavy atom. The molecule has 0 bridgehead atoms. The molecule has 14 heavy (non-hydrogen) atoms. The highest BCUT2D eigenvalue weighted by molar-refractivity contribution is 5.69. The summed E-state index contributed by atoms with van der Waals surface area (Å²) in [5.41, 5.74) is 14.6. The Morgan fingerprint density at radius 3 is 2.79 bits per heavy atom. The molecule has 0 fully saturated rings. The van der Waals surface area contributed by atoms with Gasteiger partial charge in [-0.1, -0.05) is 6.92 Å². The van der Waals surface area contributed by atoms with Crippen LogP contribution in [0.3, 0.4) is 0 Å². The fraction of sp³-hybridized carbons (Fsp3) is 0.333. The van der Waals surface area contributed by atoms with Crippen molar-refractivity contribution >= 4 is 17.2 Å².